The molecule has 2 aromatic rings. The third-order valence-electron chi connectivity index (χ3n) is 7.74. The molecule has 1 unspecified atom stereocenters. The molecule has 0 radical (unpaired) electrons. The zero-order valence-corrected chi connectivity index (χ0v) is 17.4. The third kappa shape index (κ3) is 3.77. The molecule has 2 fully saturated rings. The Kier molecular flexibility index (Phi) is 6.18. The highest BCUT2D eigenvalue weighted by Gasteiger charge is 2.49. The fourth-order valence-electron chi connectivity index (χ4n) is 6.30. The van der Waals surface area contributed by atoms with Gasteiger partial charge in [-0.3, -0.25) is 4.90 Å². The fourth-order valence-corrected chi connectivity index (χ4v) is 6.30. The number of hydrogen-bond donors (Lipinski definition) is 1. The van der Waals surface area contributed by atoms with Gasteiger partial charge in [0, 0.05) is 18.5 Å². The predicted octanol–water partition coefficient (Wildman–Crippen LogP) is 5.23. The van der Waals surface area contributed by atoms with E-state index in [0.29, 0.717) is 5.92 Å². The van der Waals surface area contributed by atoms with E-state index in [1.165, 1.54) is 56.3 Å². The molecule has 2 nitrogen and oxygen atoms in total. The topological polar surface area (TPSA) is 29.3 Å². The van der Waals surface area contributed by atoms with E-state index in [4.69, 9.17) is 5.73 Å². The van der Waals surface area contributed by atoms with Crippen LogP contribution in [-0.4, -0.2) is 24.5 Å². The zero-order valence-electron chi connectivity index (χ0n) is 17.4. The van der Waals surface area contributed by atoms with E-state index in [1.54, 1.807) is 0 Å². The fraction of sp³-hybridized carbons (Fsp3) is 0.538. The van der Waals surface area contributed by atoms with Gasteiger partial charge < -0.3 is 5.73 Å². The zero-order chi connectivity index (χ0) is 19.4. The van der Waals surface area contributed by atoms with Crippen molar-refractivity contribution in [3.05, 3.63) is 71.8 Å². The number of hydrogen-bond acceptors (Lipinski definition) is 2. The summed E-state index contributed by atoms with van der Waals surface area (Å²) in [7, 11) is 0. The SMILES string of the molecule is C[C@H]1CCC[C@@H]1C(CN)(c1ccccc1)C1CCN(Cc2ccccc2)CC1. The molecule has 1 aliphatic carbocycles. The number of piperidine rings is 1. The molecule has 0 spiro atoms. The van der Waals surface area contributed by atoms with Gasteiger partial charge in [0.2, 0.25) is 0 Å². The van der Waals surface area contributed by atoms with Gasteiger partial charge in [-0.25, -0.2) is 0 Å². The van der Waals surface area contributed by atoms with Crippen LogP contribution in [0.15, 0.2) is 60.7 Å². The van der Waals surface area contributed by atoms with Crippen LogP contribution in [0.5, 0.6) is 0 Å². The highest BCUT2D eigenvalue weighted by molar-refractivity contribution is 5.30. The highest BCUT2D eigenvalue weighted by Crippen LogP contribution is 2.51. The normalized spacial score (nSPS) is 26.2. The van der Waals surface area contributed by atoms with Crippen molar-refractivity contribution in [1.29, 1.82) is 0 Å². The van der Waals surface area contributed by atoms with Gasteiger partial charge in [0.25, 0.3) is 0 Å². The van der Waals surface area contributed by atoms with Gasteiger partial charge in [-0.1, -0.05) is 80.4 Å². The van der Waals surface area contributed by atoms with Crippen molar-refractivity contribution in [2.24, 2.45) is 23.5 Å². The van der Waals surface area contributed by atoms with Crippen molar-refractivity contribution in [1.82, 2.24) is 4.90 Å². The molecule has 0 bridgehead atoms. The molecule has 1 saturated carbocycles. The average molecular weight is 377 g/mol. The van der Waals surface area contributed by atoms with Crippen LogP contribution in [0.1, 0.15) is 50.2 Å². The second-order valence-electron chi connectivity index (χ2n) is 9.16. The maximum atomic E-state index is 6.66. The Hall–Kier alpha value is -1.64. The number of nitrogens with zero attached hydrogens (tertiary/aromatic N) is 1. The van der Waals surface area contributed by atoms with Crippen LogP contribution in [0.2, 0.25) is 0 Å². The molecule has 2 heteroatoms. The number of rotatable bonds is 6. The van der Waals surface area contributed by atoms with Crippen molar-refractivity contribution in [3.63, 3.8) is 0 Å². The molecule has 28 heavy (non-hydrogen) atoms. The molecular weight excluding hydrogens is 340 g/mol. The monoisotopic (exact) mass is 376 g/mol. The van der Waals surface area contributed by atoms with Crippen LogP contribution < -0.4 is 5.73 Å². The van der Waals surface area contributed by atoms with Gasteiger partial charge in [-0.2, -0.15) is 0 Å². The maximum absolute atomic E-state index is 6.66. The second kappa shape index (κ2) is 8.80. The molecular formula is C26H36N2. The summed E-state index contributed by atoms with van der Waals surface area (Å²) in [5.74, 6) is 2.20. The Morgan fingerprint density at radius 3 is 2.11 bits per heavy atom. The van der Waals surface area contributed by atoms with Gasteiger partial charge in [-0.15, -0.1) is 0 Å². The van der Waals surface area contributed by atoms with E-state index >= 15 is 0 Å². The lowest BCUT2D eigenvalue weighted by Gasteiger charge is -2.50. The predicted molar refractivity (Wildman–Crippen MR) is 118 cm³/mol. The first-order valence-electron chi connectivity index (χ1n) is 11.3. The van der Waals surface area contributed by atoms with E-state index < -0.39 is 0 Å². The Labute approximate surface area is 171 Å². The minimum atomic E-state index is 0.149. The molecule has 1 heterocycles. The van der Waals surface area contributed by atoms with Crippen molar-refractivity contribution in [3.8, 4) is 0 Å². The van der Waals surface area contributed by atoms with E-state index in [2.05, 4.69) is 72.5 Å². The van der Waals surface area contributed by atoms with Crippen LogP contribution in [0.25, 0.3) is 0 Å². The van der Waals surface area contributed by atoms with E-state index in [1.807, 2.05) is 0 Å². The highest BCUT2D eigenvalue weighted by atomic mass is 15.1. The van der Waals surface area contributed by atoms with Crippen LogP contribution in [0.3, 0.4) is 0 Å². The smallest absolute Gasteiger partial charge is 0.0233 e. The molecule has 4 rings (SSSR count). The largest absolute Gasteiger partial charge is 0.330 e. The lowest BCUT2D eigenvalue weighted by Crippen LogP contribution is -2.52. The second-order valence-corrected chi connectivity index (χ2v) is 9.16. The summed E-state index contributed by atoms with van der Waals surface area (Å²) in [6.07, 6.45) is 6.61. The number of benzene rings is 2. The van der Waals surface area contributed by atoms with Gasteiger partial charge >= 0.3 is 0 Å². The molecule has 1 aliphatic heterocycles. The van der Waals surface area contributed by atoms with Crippen LogP contribution in [-0.2, 0) is 12.0 Å². The van der Waals surface area contributed by atoms with E-state index in [-0.39, 0.29) is 5.41 Å². The standard InChI is InChI=1S/C26H36N2/c1-21-9-8-14-25(21)26(20-27,23-12-6-3-7-13-23)24-15-17-28(18-16-24)19-22-10-4-2-5-11-22/h2-7,10-13,21,24-25H,8-9,14-20,27H2,1H3/t21-,25-,26?/m0/s1. The average Bonchev–Trinajstić information content (AvgIpc) is 3.18. The van der Waals surface area contributed by atoms with Crippen LogP contribution in [0.4, 0.5) is 0 Å². The molecule has 150 valence electrons. The van der Waals surface area contributed by atoms with Crippen molar-refractivity contribution in [2.45, 2.75) is 51.0 Å². The van der Waals surface area contributed by atoms with Crippen LogP contribution >= 0.6 is 0 Å². The first kappa shape index (κ1) is 19.7. The molecule has 2 N–H and O–H groups in total. The summed E-state index contributed by atoms with van der Waals surface area (Å²) >= 11 is 0. The minimum absolute atomic E-state index is 0.149. The minimum Gasteiger partial charge on any atom is -0.330 e. The molecule has 0 aromatic heterocycles. The lowest BCUT2D eigenvalue weighted by molar-refractivity contribution is 0.0742. The summed E-state index contributed by atoms with van der Waals surface area (Å²) in [6.45, 7) is 6.71. The Morgan fingerprint density at radius 2 is 1.54 bits per heavy atom. The van der Waals surface area contributed by atoms with Crippen molar-refractivity contribution in [2.75, 3.05) is 19.6 Å². The molecule has 0 amide bonds. The summed E-state index contributed by atoms with van der Waals surface area (Å²) in [6, 6.07) is 22.2. The molecule has 2 aliphatic rings. The van der Waals surface area contributed by atoms with Gasteiger partial charge in [0.05, 0.1) is 0 Å². The Bertz CT molecular complexity index is 721. The summed E-state index contributed by atoms with van der Waals surface area (Å²) in [4.78, 5) is 2.64. The van der Waals surface area contributed by atoms with Crippen molar-refractivity contribution < 1.29 is 0 Å². The Morgan fingerprint density at radius 1 is 0.893 bits per heavy atom. The van der Waals surface area contributed by atoms with E-state index in [9.17, 15) is 0 Å². The van der Waals surface area contributed by atoms with Crippen molar-refractivity contribution >= 4 is 0 Å². The first-order valence-corrected chi connectivity index (χ1v) is 11.3. The van der Waals surface area contributed by atoms with Crippen LogP contribution in [0, 0.1) is 17.8 Å². The lowest BCUT2D eigenvalue weighted by atomic mass is 9.57. The first-order chi connectivity index (χ1) is 13.7. The summed E-state index contributed by atoms with van der Waals surface area (Å²) < 4.78 is 0. The molecule has 1 saturated heterocycles. The quantitative estimate of drug-likeness (QED) is 0.748. The molecule has 3 atom stereocenters. The Balaban J connectivity index is 1.55. The summed E-state index contributed by atoms with van der Waals surface area (Å²) in [5, 5.41) is 0. The van der Waals surface area contributed by atoms with Gasteiger partial charge in [0.15, 0.2) is 0 Å². The van der Waals surface area contributed by atoms with E-state index in [0.717, 1.165) is 24.9 Å². The number of likely N-dealkylation sites (tertiary alicyclic amines) is 1. The third-order valence-corrected chi connectivity index (χ3v) is 7.74. The van der Waals surface area contributed by atoms with Gasteiger partial charge in [-0.05, 0) is 61.2 Å². The number of nitrogens with two attached hydrogens (primary N) is 1. The van der Waals surface area contributed by atoms with Gasteiger partial charge in [0.1, 0.15) is 0 Å². The molecule has 2 aromatic carbocycles. The summed E-state index contributed by atoms with van der Waals surface area (Å²) in [5.41, 5.74) is 9.73. The maximum Gasteiger partial charge on any atom is 0.0233 e.